The minimum absolute atomic E-state index is 0.000634. The highest BCUT2D eigenvalue weighted by Gasteiger charge is 2.42. The maximum absolute atomic E-state index is 14.9. The Balaban J connectivity index is 2.49. The van der Waals surface area contributed by atoms with Crippen molar-refractivity contribution in [3.05, 3.63) is 65.2 Å². The number of halogens is 5. The summed E-state index contributed by atoms with van der Waals surface area (Å²) in [6, 6.07) is 7.21. The Hall–Kier alpha value is -2.43. The topological polar surface area (TPSA) is 78.0 Å². The minimum atomic E-state index is -5.22. The lowest BCUT2D eigenvalue weighted by atomic mass is 10.00. The van der Waals surface area contributed by atoms with E-state index in [9.17, 15) is 26.0 Å². The van der Waals surface area contributed by atoms with Gasteiger partial charge in [-0.05, 0) is 29.8 Å². The van der Waals surface area contributed by atoms with Crippen LogP contribution in [0.1, 0.15) is 5.56 Å². The van der Waals surface area contributed by atoms with E-state index >= 15 is 0 Å². The molecular formula is C16H10ClF4N3O2S. The lowest BCUT2D eigenvalue weighted by Crippen LogP contribution is -2.22. The van der Waals surface area contributed by atoms with E-state index in [4.69, 9.17) is 16.7 Å². The molecule has 2 N–H and O–H groups in total. The van der Waals surface area contributed by atoms with Crippen molar-refractivity contribution in [2.45, 2.75) is 11.1 Å². The fraction of sp³-hybridized carbons (Fsp3) is 0.0625. The number of aromatic nitrogens is 2. The van der Waals surface area contributed by atoms with Gasteiger partial charge < -0.3 is 0 Å². The van der Waals surface area contributed by atoms with Gasteiger partial charge in [0.05, 0.1) is 5.69 Å². The van der Waals surface area contributed by atoms with Crippen molar-refractivity contribution in [3.8, 4) is 16.8 Å². The molecule has 3 aromatic rings. The second-order valence-electron chi connectivity index (χ2n) is 5.46. The third-order valence-corrected chi connectivity index (χ3v) is 4.86. The maximum atomic E-state index is 14.9. The molecule has 1 heterocycles. The van der Waals surface area contributed by atoms with Crippen molar-refractivity contribution >= 4 is 21.6 Å². The summed E-state index contributed by atoms with van der Waals surface area (Å²) in [6.07, 6.45) is -3.04. The number of nitrogens with two attached hydrogens (primary N) is 1. The molecule has 0 fully saturated rings. The molecule has 1 aromatic heterocycles. The highest BCUT2D eigenvalue weighted by atomic mass is 35.5. The van der Waals surface area contributed by atoms with Crippen LogP contribution in [0.4, 0.5) is 17.6 Å². The number of hydrogen-bond donors (Lipinski definition) is 1. The van der Waals surface area contributed by atoms with E-state index in [0.29, 0.717) is 4.68 Å². The molecule has 0 saturated carbocycles. The van der Waals surface area contributed by atoms with Gasteiger partial charge in [-0.25, -0.2) is 22.6 Å². The van der Waals surface area contributed by atoms with Gasteiger partial charge in [-0.2, -0.15) is 18.3 Å². The first-order valence-corrected chi connectivity index (χ1v) is 9.15. The van der Waals surface area contributed by atoms with Gasteiger partial charge in [0.15, 0.2) is 0 Å². The predicted octanol–water partition coefficient (Wildman–Crippen LogP) is 4.00. The van der Waals surface area contributed by atoms with Crippen LogP contribution in [0.25, 0.3) is 16.8 Å². The fourth-order valence-corrected chi connectivity index (χ4v) is 3.44. The SMILES string of the molecule is NS(=O)(=O)c1cc(-c2ccc(Cl)cc2)c(F)c(C(F)(F)F)c1-n1cccn1. The molecule has 142 valence electrons. The number of nitrogens with zero attached hydrogens (tertiary/aromatic N) is 2. The molecule has 27 heavy (non-hydrogen) atoms. The van der Waals surface area contributed by atoms with Crippen LogP contribution in [-0.4, -0.2) is 18.2 Å². The zero-order valence-electron chi connectivity index (χ0n) is 13.2. The van der Waals surface area contributed by atoms with Gasteiger partial charge in [0.2, 0.25) is 10.0 Å². The van der Waals surface area contributed by atoms with E-state index < -0.39 is 43.7 Å². The van der Waals surface area contributed by atoms with Gasteiger partial charge in [-0.1, -0.05) is 23.7 Å². The number of hydrogen-bond acceptors (Lipinski definition) is 3. The summed E-state index contributed by atoms with van der Waals surface area (Å²) < 4.78 is 80.6. The summed E-state index contributed by atoms with van der Waals surface area (Å²) in [5.74, 6) is -1.65. The van der Waals surface area contributed by atoms with E-state index in [2.05, 4.69) is 5.10 Å². The number of benzene rings is 2. The molecule has 0 radical (unpaired) electrons. The summed E-state index contributed by atoms with van der Waals surface area (Å²) in [5.41, 5.74) is -3.38. The molecular weight excluding hydrogens is 410 g/mol. The van der Waals surface area contributed by atoms with E-state index in [1.54, 1.807) is 0 Å². The van der Waals surface area contributed by atoms with Crippen molar-refractivity contribution < 1.29 is 26.0 Å². The second kappa shape index (κ2) is 6.63. The van der Waals surface area contributed by atoms with E-state index in [1.807, 2.05) is 0 Å². The first kappa shape index (κ1) is 19.3. The summed E-state index contributed by atoms with van der Waals surface area (Å²) in [7, 11) is -4.65. The number of rotatable bonds is 3. The first-order chi connectivity index (χ1) is 12.5. The van der Waals surface area contributed by atoms with E-state index in [0.717, 1.165) is 18.5 Å². The van der Waals surface area contributed by atoms with Crippen LogP contribution in [0.15, 0.2) is 53.7 Å². The van der Waals surface area contributed by atoms with Crippen molar-refractivity contribution in [1.29, 1.82) is 0 Å². The van der Waals surface area contributed by atoms with Crippen LogP contribution in [0.5, 0.6) is 0 Å². The molecule has 0 saturated heterocycles. The monoisotopic (exact) mass is 419 g/mol. The van der Waals surface area contributed by atoms with Gasteiger partial charge in [-0.3, -0.25) is 0 Å². The third-order valence-electron chi connectivity index (χ3n) is 3.68. The van der Waals surface area contributed by atoms with Crippen molar-refractivity contribution in [1.82, 2.24) is 9.78 Å². The zero-order chi connectivity index (χ0) is 20.0. The Morgan fingerprint density at radius 2 is 1.78 bits per heavy atom. The second-order valence-corrected chi connectivity index (χ2v) is 7.43. The zero-order valence-corrected chi connectivity index (χ0v) is 14.8. The van der Waals surface area contributed by atoms with Crippen molar-refractivity contribution in [2.24, 2.45) is 5.14 Å². The normalized spacial score (nSPS) is 12.4. The van der Waals surface area contributed by atoms with Gasteiger partial charge in [-0.15, -0.1) is 0 Å². The van der Waals surface area contributed by atoms with Crippen LogP contribution < -0.4 is 5.14 Å². The lowest BCUT2D eigenvalue weighted by Gasteiger charge is -2.19. The highest BCUT2D eigenvalue weighted by Crippen LogP contribution is 2.42. The Labute approximate surface area is 156 Å². The molecule has 0 amide bonds. The number of alkyl halides is 3. The van der Waals surface area contributed by atoms with Gasteiger partial charge in [0.25, 0.3) is 0 Å². The lowest BCUT2D eigenvalue weighted by molar-refractivity contribution is -0.140. The Morgan fingerprint density at radius 1 is 1.15 bits per heavy atom. The molecule has 0 atom stereocenters. The van der Waals surface area contributed by atoms with Crippen LogP contribution in [-0.2, 0) is 16.2 Å². The summed E-state index contributed by atoms with van der Waals surface area (Å²) in [5, 5.41) is 8.99. The molecule has 3 rings (SSSR count). The van der Waals surface area contributed by atoms with E-state index in [1.165, 1.54) is 30.3 Å². The van der Waals surface area contributed by atoms with Gasteiger partial charge in [0.1, 0.15) is 16.3 Å². The summed E-state index contributed by atoms with van der Waals surface area (Å²) in [4.78, 5) is -0.912. The minimum Gasteiger partial charge on any atom is -0.239 e. The largest absolute Gasteiger partial charge is 0.421 e. The Kier molecular flexibility index (Phi) is 4.74. The first-order valence-electron chi connectivity index (χ1n) is 7.22. The smallest absolute Gasteiger partial charge is 0.239 e. The molecule has 2 aromatic carbocycles. The maximum Gasteiger partial charge on any atom is 0.421 e. The molecule has 0 aliphatic carbocycles. The van der Waals surface area contributed by atoms with Gasteiger partial charge >= 0.3 is 6.18 Å². The average molecular weight is 420 g/mol. The van der Waals surface area contributed by atoms with E-state index in [-0.39, 0.29) is 10.6 Å². The van der Waals surface area contributed by atoms with Crippen LogP contribution in [0.3, 0.4) is 0 Å². The molecule has 11 heteroatoms. The molecule has 0 unspecified atom stereocenters. The predicted molar refractivity (Wildman–Crippen MR) is 90.3 cm³/mol. The number of sulfonamides is 1. The summed E-state index contributed by atoms with van der Waals surface area (Å²) in [6.45, 7) is 0. The van der Waals surface area contributed by atoms with Crippen LogP contribution in [0, 0.1) is 5.82 Å². The molecule has 0 aliphatic heterocycles. The fourth-order valence-electron chi connectivity index (χ4n) is 2.57. The quantitative estimate of drug-likeness (QED) is 0.652. The highest BCUT2D eigenvalue weighted by molar-refractivity contribution is 7.89. The molecule has 0 aliphatic rings. The Bertz CT molecular complexity index is 1100. The van der Waals surface area contributed by atoms with Crippen LogP contribution in [0.2, 0.25) is 5.02 Å². The molecule has 5 nitrogen and oxygen atoms in total. The van der Waals surface area contributed by atoms with Crippen molar-refractivity contribution in [2.75, 3.05) is 0 Å². The van der Waals surface area contributed by atoms with Crippen molar-refractivity contribution in [3.63, 3.8) is 0 Å². The third kappa shape index (κ3) is 3.68. The molecule has 0 bridgehead atoms. The molecule has 0 spiro atoms. The van der Waals surface area contributed by atoms with Crippen LogP contribution >= 0.6 is 11.6 Å². The Morgan fingerprint density at radius 3 is 2.26 bits per heavy atom. The average Bonchev–Trinajstić information content (AvgIpc) is 3.07. The van der Waals surface area contributed by atoms with Gasteiger partial charge in [0, 0.05) is 23.0 Å². The standard InChI is InChI=1S/C16H10ClF4N3O2S/c17-10-4-2-9(3-5-10)11-8-12(27(22,25)26)15(24-7-1-6-23-24)13(14(11)18)16(19,20)21/h1-8H,(H2,22,25,26). The summed E-state index contributed by atoms with van der Waals surface area (Å²) >= 11 is 5.74. The number of primary sulfonamides is 1.